The second kappa shape index (κ2) is 37.8. The molecule has 5 fully saturated rings. The SMILES string of the molecule is COC(=O)c1c(OCc2ccccc2)c(=O)c(C(=O)CCc2ccc(F)cc2)cn1CC=O.NCC1(O)CCCCC1.O=C(CCc1ccc(F)cc1)c1cn2c(c(O)c1=O)C(=O)N1CC3(CCCCC3)OC1C2.O=C(CCc1ccc(F)cc1)c1cn2c(c(OCc3ccccc3)c1=O)C(=O)N1CC3(CCCCC3)OC1C2.[CH3-]. The maximum absolute atomic E-state index is 13.8. The van der Waals surface area contributed by atoms with Gasteiger partial charge < -0.3 is 75.4 Å². The molecular formula is C88H96F3N6O17-. The van der Waals surface area contributed by atoms with E-state index < -0.39 is 63.5 Å². The first kappa shape index (κ1) is 84.0. The van der Waals surface area contributed by atoms with Crippen molar-refractivity contribution in [3.63, 3.8) is 0 Å². The number of esters is 1. The zero-order valence-electron chi connectivity index (χ0n) is 64.1. The Balaban J connectivity index is 0.000000159. The molecule has 5 aromatic carbocycles. The number of aromatic nitrogens is 3. The van der Waals surface area contributed by atoms with Gasteiger partial charge in [0, 0.05) is 44.4 Å². The number of hydrogen-bond acceptors (Lipinski definition) is 18. The second-order valence-electron chi connectivity index (χ2n) is 30.0. The van der Waals surface area contributed by atoms with E-state index in [2.05, 4.69) is 0 Å². The predicted octanol–water partition coefficient (Wildman–Crippen LogP) is 12.4. The molecule has 4 aliphatic heterocycles. The highest BCUT2D eigenvalue weighted by Gasteiger charge is 2.52. The van der Waals surface area contributed by atoms with Crippen molar-refractivity contribution in [1.29, 1.82) is 0 Å². The number of pyridine rings is 3. The number of ether oxygens (including phenoxy) is 5. The van der Waals surface area contributed by atoms with Crippen LogP contribution in [-0.2, 0) is 71.1 Å². The first-order chi connectivity index (χ1) is 54.5. The van der Waals surface area contributed by atoms with E-state index >= 15 is 0 Å². The molecule has 15 rings (SSSR count). The molecule has 3 aromatic heterocycles. The van der Waals surface area contributed by atoms with Crippen LogP contribution in [0.3, 0.4) is 0 Å². The number of nitrogens with two attached hydrogens (primary N) is 1. The molecule has 7 aliphatic rings. The molecule has 3 aliphatic carbocycles. The maximum atomic E-state index is 13.8. The number of aromatic hydroxyl groups is 1. The third-order valence-corrected chi connectivity index (χ3v) is 22.1. The number of Topliss-reactive ketones (excluding diaryl/α,β-unsaturated/α-hetero) is 3. The Bertz CT molecular complexity index is 4960. The van der Waals surface area contributed by atoms with Crippen LogP contribution in [0.1, 0.15) is 206 Å². The molecule has 26 heteroatoms. The van der Waals surface area contributed by atoms with Crippen LogP contribution in [0.15, 0.2) is 166 Å². The van der Waals surface area contributed by atoms with E-state index in [0.29, 0.717) is 45.3 Å². The summed E-state index contributed by atoms with van der Waals surface area (Å²) >= 11 is 0. The number of hydrogen-bond donors (Lipinski definition) is 3. The van der Waals surface area contributed by atoms with Gasteiger partial charge in [-0.15, -0.1) is 0 Å². The summed E-state index contributed by atoms with van der Waals surface area (Å²) in [5, 5.41) is 20.1. The van der Waals surface area contributed by atoms with Gasteiger partial charge in [0.2, 0.25) is 16.3 Å². The Morgan fingerprint density at radius 3 is 1.29 bits per heavy atom. The van der Waals surface area contributed by atoms with Gasteiger partial charge in [0.15, 0.2) is 64.1 Å². The number of aliphatic hydroxyl groups is 1. The number of aldehydes is 1. The number of carbonyl (C=O) groups excluding carboxylic acids is 7. The van der Waals surface area contributed by atoms with Crippen LogP contribution in [0.4, 0.5) is 13.2 Å². The van der Waals surface area contributed by atoms with Crippen molar-refractivity contribution in [3.05, 3.63) is 269 Å². The first-order valence-electron chi connectivity index (χ1n) is 38.6. The summed E-state index contributed by atoms with van der Waals surface area (Å²) in [5.74, 6) is -5.14. The number of nitrogens with zero attached hydrogens (tertiary/aromatic N) is 5. The molecule has 602 valence electrons. The van der Waals surface area contributed by atoms with Crippen molar-refractivity contribution in [2.45, 2.75) is 197 Å². The van der Waals surface area contributed by atoms with Gasteiger partial charge in [0.1, 0.15) is 37.0 Å². The molecule has 2 spiro atoms. The molecule has 114 heavy (non-hydrogen) atoms. The van der Waals surface area contributed by atoms with Gasteiger partial charge >= 0.3 is 5.97 Å². The molecular weight excluding hydrogens is 1470 g/mol. The van der Waals surface area contributed by atoms with Crippen LogP contribution >= 0.6 is 0 Å². The quantitative estimate of drug-likeness (QED) is 0.0246. The fraction of sp³-hybridized carbons (Fsp3) is 0.398. The van der Waals surface area contributed by atoms with Gasteiger partial charge in [-0.1, -0.05) is 155 Å². The summed E-state index contributed by atoms with van der Waals surface area (Å²) in [6.07, 6.45) is 20.2. The minimum atomic E-state index is -0.873. The third kappa shape index (κ3) is 19.8. The highest BCUT2D eigenvalue weighted by atomic mass is 19.1. The molecule has 4 N–H and O–H groups in total. The third-order valence-electron chi connectivity index (χ3n) is 22.1. The van der Waals surface area contributed by atoms with Crippen molar-refractivity contribution in [1.82, 2.24) is 23.5 Å². The Morgan fingerprint density at radius 1 is 0.509 bits per heavy atom. The number of carbonyl (C=O) groups is 7. The first-order valence-corrected chi connectivity index (χ1v) is 38.6. The Kier molecular flexibility index (Phi) is 27.9. The van der Waals surface area contributed by atoms with Crippen molar-refractivity contribution >= 4 is 41.4 Å². The highest BCUT2D eigenvalue weighted by Crippen LogP contribution is 2.44. The van der Waals surface area contributed by atoms with Crippen LogP contribution in [0.5, 0.6) is 17.2 Å². The molecule has 2 atom stereocenters. The molecule has 0 radical (unpaired) electrons. The van der Waals surface area contributed by atoms with Gasteiger partial charge in [-0.05, 0) is 122 Å². The zero-order valence-corrected chi connectivity index (χ0v) is 64.1. The summed E-state index contributed by atoms with van der Waals surface area (Å²) in [6, 6.07) is 35.8. The predicted molar refractivity (Wildman–Crippen MR) is 417 cm³/mol. The van der Waals surface area contributed by atoms with E-state index in [1.54, 1.807) is 75.0 Å². The molecule has 0 bridgehead atoms. The number of rotatable bonds is 22. The van der Waals surface area contributed by atoms with Crippen molar-refractivity contribution in [2.75, 3.05) is 26.7 Å². The fourth-order valence-corrected chi connectivity index (χ4v) is 15.9. The average molecular weight is 1570 g/mol. The smallest absolute Gasteiger partial charge is 0.358 e. The van der Waals surface area contributed by atoms with Gasteiger partial charge in [-0.3, -0.25) is 38.4 Å². The topological polar surface area (TPSA) is 305 Å². The van der Waals surface area contributed by atoms with Crippen LogP contribution in [0.25, 0.3) is 0 Å². The van der Waals surface area contributed by atoms with E-state index in [9.17, 15) is 71.3 Å². The summed E-state index contributed by atoms with van der Waals surface area (Å²) in [7, 11) is 1.14. The van der Waals surface area contributed by atoms with Crippen molar-refractivity contribution in [2.24, 2.45) is 5.73 Å². The van der Waals surface area contributed by atoms with Crippen LogP contribution < -0.4 is 31.5 Å². The monoisotopic (exact) mass is 1570 g/mol. The lowest BCUT2D eigenvalue weighted by molar-refractivity contribution is -0.108. The number of aryl methyl sites for hydroxylation is 3. The lowest BCUT2D eigenvalue weighted by atomic mass is 9.85. The van der Waals surface area contributed by atoms with E-state index in [1.165, 1.54) is 77.0 Å². The number of halogens is 3. The van der Waals surface area contributed by atoms with E-state index in [4.69, 9.17) is 29.4 Å². The van der Waals surface area contributed by atoms with Gasteiger partial charge in [-0.2, -0.15) is 0 Å². The minimum Gasteiger partial charge on any atom is -0.503 e. The lowest BCUT2D eigenvalue weighted by Crippen LogP contribution is -2.46. The largest absolute Gasteiger partial charge is 0.503 e. The van der Waals surface area contributed by atoms with E-state index in [1.807, 2.05) is 36.4 Å². The Labute approximate surface area is 658 Å². The average Bonchev–Trinajstić information content (AvgIpc) is 1.52. The summed E-state index contributed by atoms with van der Waals surface area (Å²) in [4.78, 5) is 132. The number of fused-ring (bicyclic) bond motifs is 4. The fourth-order valence-electron chi connectivity index (χ4n) is 15.9. The van der Waals surface area contributed by atoms with Gasteiger partial charge in [0.05, 0.1) is 73.3 Å². The van der Waals surface area contributed by atoms with Gasteiger partial charge in [-0.25, -0.2) is 18.0 Å². The standard InChI is InChI=1S/C31H31FN2O5.C25H22FNO6.C24H25FN2O5.C7H15NO.CH3/c32-23-12-9-21(10-13-23)11-14-25(35)24-17-33-18-26-34(20-31(39-26)15-5-2-6-16-31)30(37)27(33)29(28(24)36)38-19-22-7-3-1-4-8-22;1-32-25(31)22-24(33-16-18-5-3-2-4-6-18)23(30)20(15-27(22)13-14-28)21(29)12-9-17-7-10-19(26)11-8-17;25-16-7-4-15(5-8-16)6-9-18(28)17-12-26-13-19-27(23(31)20(26)22(30)21(17)29)14-24(32-19)10-2-1-3-11-24;8-6-7(9)4-2-1-3-5-7;/h1,3-4,7-10,12-13,17,26H,2,5-6,11,14-16,18-20H2;2-8,10-11,14-15H,9,12-13,16H2,1H3;4-5,7-8,12,19,30H,1-3,6,9-11,13-14H2;9H,1-6,8H2;1H3/q;;;;-1. The van der Waals surface area contributed by atoms with E-state index in [0.717, 1.165) is 118 Å². The molecule has 2 unspecified atom stereocenters. The minimum absolute atomic E-state index is 0. The zero-order chi connectivity index (χ0) is 80.0. The number of ketones is 3. The van der Waals surface area contributed by atoms with Crippen molar-refractivity contribution in [3.8, 4) is 17.2 Å². The Hall–Kier alpha value is -10.9. The molecule has 2 saturated heterocycles. The summed E-state index contributed by atoms with van der Waals surface area (Å²) < 4.78 is 73.1. The van der Waals surface area contributed by atoms with Crippen molar-refractivity contribution < 1.29 is 80.6 Å². The molecule has 2 amide bonds. The molecule has 8 aromatic rings. The Morgan fingerprint density at radius 2 is 0.886 bits per heavy atom. The number of methoxy groups -OCH3 is 1. The summed E-state index contributed by atoms with van der Waals surface area (Å²) in [6.45, 7) is 1.75. The number of amides is 2. The second-order valence-corrected chi connectivity index (χ2v) is 30.0. The molecule has 3 saturated carbocycles. The lowest BCUT2D eigenvalue weighted by Gasteiger charge is -2.32. The normalized spacial score (nSPS) is 17.8. The summed E-state index contributed by atoms with van der Waals surface area (Å²) in [5.41, 5.74) is 5.32. The van der Waals surface area contributed by atoms with Crippen LogP contribution in [0.2, 0.25) is 0 Å². The molecule has 7 heterocycles. The number of benzene rings is 5. The van der Waals surface area contributed by atoms with E-state index in [-0.39, 0.29) is 145 Å². The maximum Gasteiger partial charge on any atom is 0.358 e. The van der Waals surface area contributed by atoms with Crippen LogP contribution in [-0.4, -0.2) is 131 Å². The molecule has 23 nitrogen and oxygen atoms in total. The van der Waals surface area contributed by atoms with Crippen LogP contribution in [0, 0.1) is 24.9 Å². The van der Waals surface area contributed by atoms with Gasteiger partial charge in [0.25, 0.3) is 11.8 Å². The highest BCUT2D eigenvalue weighted by molar-refractivity contribution is 6.02.